The van der Waals surface area contributed by atoms with E-state index in [1.165, 1.54) is 6.07 Å². The minimum Gasteiger partial charge on any atom is -0.363 e. The van der Waals surface area contributed by atoms with Crippen molar-refractivity contribution in [3.8, 4) is 0 Å². The summed E-state index contributed by atoms with van der Waals surface area (Å²) in [7, 11) is 0. The summed E-state index contributed by atoms with van der Waals surface area (Å²) in [6.45, 7) is 3.93. The number of aromatic amines is 2. The first kappa shape index (κ1) is 11.4. The average Bonchev–Trinajstić information content (AvgIpc) is 2.81. The molecule has 1 atom stereocenters. The third kappa shape index (κ3) is 2.72. The van der Waals surface area contributed by atoms with Crippen molar-refractivity contribution < 1.29 is 0 Å². The van der Waals surface area contributed by atoms with E-state index in [0.717, 1.165) is 5.56 Å². The van der Waals surface area contributed by atoms with Gasteiger partial charge in [-0.3, -0.25) is 9.89 Å². The molecule has 0 saturated carbocycles. The van der Waals surface area contributed by atoms with Crippen molar-refractivity contribution in [2.24, 2.45) is 0 Å². The fourth-order valence-electron chi connectivity index (χ4n) is 1.55. The van der Waals surface area contributed by atoms with Crippen LogP contribution in [0.1, 0.15) is 31.3 Å². The standard InChI is InChI=1S/C11H15N5O/c1-3-9-15-10(4-11(17)16-9)14-7(2)8-5-12-13-6-8/h4-7H,3H2,1-2H3,(H,12,13)(H2,14,15,16,17). The Morgan fingerprint density at radius 1 is 1.53 bits per heavy atom. The molecule has 0 aromatic carbocycles. The van der Waals surface area contributed by atoms with Crippen LogP contribution in [0.5, 0.6) is 0 Å². The highest BCUT2D eigenvalue weighted by molar-refractivity contribution is 5.36. The summed E-state index contributed by atoms with van der Waals surface area (Å²) in [5, 5.41) is 9.80. The summed E-state index contributed by atoms with van der Waals surface area (Å²) < 4.78 is 0. The van der Waals surface area contributed by atoms with Gasteiger partial charge in [0.1, 0.15) is 11.6 Å². The minimum atomic E-state index is -0.140. The van der Waals surface area contributed by atoms with Gasteiger partial charge in [-0.15, -0.1) is 0 Å². The van der Waals surface area contributed by atoms with Crippen LogP contribution >= 0.6 is 0 Å². The van der Waals surface area contributed by atoms with Crippen molar-refractivity contribution >= 4 is 5.82 Å². The summed E-state index contributed by atoms with van der Waals surface area (Å²) in [6.07, 6.45) is 4.25. The van der Waals surface area contributed by atoms with Gasteiger partial charge < -0.3 is 10.3 Å². The highest BCUT2D eigenvalue weighted by Gasteiger charge is 2.08. The Kier molecular flexibility index (Phi) is 3.22. The second kappa shape index (κ2) is 4.82. The monoisotopic (exact) mass is 233 g/mol. The molecule has 0 aliphatic heterocycles. The van der Waals surface area contributed by atoms with Crippen LogP contribution in [0.15, 0.2) is 23.3 Å². The lowest BCUT2D eigenvalue weighted by molar-refractivity contribution is 0.852. The maximum Gasteiger partial charge on any atom is 0.252 e. The van der Waals surface area contributed by atoms with Crippen molar-refractivity contribution in [3.63, 3.8) is 0 Å². The Hall–Kier alpha value is -2.11. The van der Waals surface area contributed by atoms with E-state index in [0.29, 0.717) is 18.1 Å². The molecule has 3 N–H and O–H groups in total. The predicted molar refractivity (Wildman–Crippen MR) is 64.9 cm³/mol. The van der Waals surface area contributed by atoms with Gasteiger partial charge in [-0.2, -0.15) is 5.10 Å². The lowest BCUT2D eigenvalue weighted by Gasteiger charge is -2.12. The molecular weight excluding hydrogens is 218 g/mol. The summed E-state index contributed by atoms with van der Waals surface area (Å²) >= 11 is 0. The average molecular weight is 233 g/mol. The molecule has 0 aliphatic carbocycles. The quantitative estimate of drug-likeness (QED) is 0.741. The maximum atomic E-state index is 11.4. The number of rotatable bonds is 4. The van der Waals surface area contributed by atoms with Crippen molar-refractivity contribution in [1.29, 1.82) is 0 Å². The zero-order chi connectivity index (χ0) is 12.3. The van der Waals surface area contributed by atoms with Crippen molar-refractivity contribution in [1.82, 2.24) is 20.2 Å². The second-order valence-corrected chi connectivity index (χ2v) is 3.83. The molecule has 1 unspecified atom stereocenters. The van der Waals surface area contributed by atoms with E-state index in [4.69, 9.17) is 0 Å². The smallest absolute Gasteiger partial charge is 0.252 e. The Morgan fingerprint density at radius 3 is 3.00 bits per heavy atom. The van der Waals surface area contributed by atoms with Crippen LogP contribution in [0.25, 0.3) is 0 Å². The zero-order valence-corrected chi connectivity index (χ0v) is 9.82. The van der Waals surface area contributed by atoms with Crippen LogP contribution in [0, 0.1) is 0 Å². The van der Waals surface area contributed by atoms with Crippen molar-refractivity contribution in [2.45, 2.75) is 26.3 Å². The third-order valence-electron chi connectivity index (χ3n) is 2.51. The van der Waals surface area contributed by atoms with Crippen molar-refractivity contribution in [3.05, 3.63) is 40.2 Å². The molecule has 2 aromatic rings. The number of aromatic nitrogens is 4. The Bertz CT molecular complexity index is 531. The van der Waals surface area contributed by atoms with Crippen LogP contribution in [0.3, 0.4) is 0 Å². The molecule has 6 heteroatoms. The van der Waals surface area contributed by atoms with Gasteiger partial charge in [0, 0.05) is 24.2 Å². The molecule has 0 fully saturated rings. The molecule has 2 aromatic heterocycles. The van der Waals surface area contributed by atoms with Crippen LogP contribution in [-0.4, -0.2) is 20.2 Å². The number of nitrogens with zero attached hydrogens (tertiary/aromatic N) is 2. The molecule has 0 radical (unpaired) electrons. The summed E-state index contributed by atoms with van der Waals surface area (Å²) in [4.78, 5) is 18.4. The van der Waals surface area contributed by atoms with Gasteiger partial charge in [-0.1, -0.05) is 6.92 Å². The number of hydrogen-bond acceptors (Lipinski definition) is 4. The van der Waals surface area contributed by atoms with Crippen LogP contribution in [-0.2, 0) is 6.42 Å². The third-order valence-corrected chi connectivity index (χ3v) is 2.51. The Labute approximate surface area is 98.5 Å². The molecule has 0 spiro atoms. The van der Waals surface area contributed by atoms with E-state index >= 15 is 0 Å². The highest BCUT2D eigenvalue weighted by Crippen LogP contribution is 2.15. The van der Waals surface area contributed by atoms with Crippen LogP contribution in [0.4, 0.5) is 5.82 Å². The number of nitrogens with one attached hydrogen (secondary N) is 3. The van der Waals surface area contributed by atoms with Gasteiger partial charge in [-0.05, 0) is 6.92 Å². The molecular formula is C11H15N5O. The molecule has 2 heterocycles. The molecule has 6 nitrogen and oxygen atoms in total. The highest BCUT2D eigenvalue weighted by atomic mass is 16.1. The normalized spacial score (nSPS) is 12.4. The van der Waals surface area contributed by atoms with E-state index < -0.39 is 0 Å². The molecule has 2 rings (SSSR count). The van der Waals surface area contributed by atoms with Gasteiger partial charge in [0.05, 0.1) is 12.2 Å². The zero-order valence-electron chi connectivity index (χ0n) is 9.82. The first-order valence-electron chi connectivity index (χ1n) is 5.54. The van der Waals surface area contributed by atoms with Gasteiger partial charge in [0.15, 0.2) is 0 Å². The number of anilines is 1. The first-order valence-corrected chi connectivity index (χ1v) is 5.54. The molecule has 0 saturated heterocycles. The summed E-state index contributed by atoms with van der Waals surface area (Å²) in [5.74, 6) is 1.26. The maximum absolute atomic E-state index is 11.4. The van der Waals surface area contributed by atoms with Gasteiger partial charge in [0.2, 0.25) is 0 Å². The molecule has 90 valence electrons. The van der Waals surface area contributed by atoms with Crippen LogP contribution < -0.4 is 10.9 Å². The largest absolute Gasteiger partial charge is 0.363 e. The van der Waals surface area contributed by atoms with E-state index in [1.807, 2.05) is 20.0 Å². The van der Waals surface area contributed by atoms with E-state index in [1.54, 1.807) is 6.20 Å². The lowest BCUT2D eigenvalue weighted by Crippen LogP contribution is -2.15. The van der Waals surface area contributed by atoms with E-state index in [9.17, 15) is 4.79 Å². The second-order valence-electron chi connectivity index (χ2n) is 3.83. The molecule has 17 heavy (non-hydrogen) atoms. The van der Waals surface area contributed by atoms with Gasteiger partial charge in [0.25, 0.3) is 5.56 Å². The fraction of sp³-hybridized carbons (Fsp3) is 0.364. The summed E-state index contributed by atoms with van der Waals surface area (Å²) in [5.41, 5.74) is 0.879. The minimum absolute atomic E-state index is 0.0488. The topological polar surface area (TPSA) is 86.5 Å². The van der Waals surface area contributed by atoms with Crippen molar-refractivity contribution in [2.75, 3.05) is 5.32 Å². The molecule has 0 aliphatic rings. The first-order chi connectivity index (χ1) is 8.19. The SMILES string of the molecule is CCc1nc(NC(C)c2cn[nH]c2)cc(=O)[nH]1. The molecule has 0 amide bonds. The predicted octanol–water partition coefficient (Wildman–Crippen LogP) is 1.23. The Balaban J connectivity index is 2.18. The number of aryl methyl sites for hydroxylation is 1. The lowest BCUT2D eigenvalue weighted by atomic mass is 10.2. The van der Waals surface area contributed by atoms with Gasteiger partial charge >= 0.3 is 0 Å². The fourth-order valence-corrected chi connectivity index (χ4v) is 1.55. The Morgan fingerprint density at radius 2 is 2.35 bits per heavy atom. The summed E-state index contributed by atoms with van der Waals surface area (Å²) in [6, 6.07) is 1.50. The van der Waals surface area contributed by atoms with Crippen LogP contribution in [0.2, 0.25) is 0 Å². The van der Waals surface area contributed by atoms with E-state index in [2.05, 4.69) is 25.5 Å². The number of hydrogen-bond donors (Lipinski definition) is 3. The van der Waals surface area contributed by atoms with E-state index in [-0.39, 0.29) is 11.6 Å². The molecule has 0 bridgehead atoms. The van der Waals surface area contributed by atoms with Gasteiger partial charge in [-0.25, -0.2) is 4.98 Å². The number of H-pyrrole nitrogens is 2.